The Kier molecular flexibility index (Phi) is 6.98. The molecule has 1 rings (SSSR count). The van der Waals surface area contributed by atoms with Gasteiger partial charge in [-0.2, -0.15) is 0 Å². The molecule has 3 heteroatoms. The van der Waals surface area contributed by atoms with E-state index in [1.807, 2.05) is 0 Å². The van der Waals surface area contributed by atoms with E-state index in [-0.39, 0.29) is 0 Å². The van der Waals surface area contributed by atoms with Crippen LogP contribution in [0.1, 0.15) is 26.2 Å². The van der Waals surface area contributed by atoms with Crippen LogP contribution in [0.2, 0.25) is 0 Å². The third-order valence-electron chi connectivity index (χ3n) is 3.00. The van der Waals surface area contributed by atoms with E-state index in [1.165, 1.54) is 38.9 Å². The van der Waals surface area contributed by atoms with Crippen molar-refractivity contribution in [3.8, 4) is 0 Å². The Morgan fingerprint density at radius 3 is 2.67 bits per heavy atom. The molecule has 90 valence electrons. The van der Waals surface area contributed by atoms with E-state index in [0.29, 0.717) is 5.92 Å². The molecule has 0 aromatic carbocycles. The van der Waals surface area contributed by atoms with Crippen LogP contribution in [0.3, 0.4) is 0 Å². The van der Waals surface area contributed by atoms with Gasteiger partial charge in [-0.1, -0.05) is 13.3 Å². The number of methoxy groups -OCH3 is 1. The van der Waals surface area contributed by atoms with Crippen molar-refractivity contribution in [2.45, 2.75) is 26.2 Å². The van der Waals surface area contributed by atoms with Crippen LogP contribution in [0.4, 0.5) is 0 Å². The molecule has 1 aliphatic heterocycles. The number of nitrogens with zero attached hydrogens (tertiary/aromatic N) is 1. The van der Waals surface area contributed by atoms with E-state index >= 15 is 0 Å². The van der Waals surface area contributed by atoms with Crippen LogP contribution in [-0.4, -0.2) is 51.3 Å². The molecule has 0 aromatic rings. The second kappa shape index (κ2) is 8.08. The molecule has 0 saturated carbocycles. The number of hydrogen-bond donors (Lipinski definition) is 1. The summed E-state index contributed by atoms with van der Waals surface area (Å²) in [6, 6.07) is 0. The van der Waals surface area contributed by atoms with Crippen molar-refractivity contribution >= 4 is 0 Å². The van der Waals surface area contributed by atoms with E-state index in [9.17, 15) is 0 Å². The highest BCUT2D eigenvalue weighted by atomic mass is 16.5. The molecule has 1 saturated heterocycles. The van der Waals surface area contributed by atoms with Crippen molar-refractivity contribution in [3.63, 3.8) is 0 Å². The highest BCUT2D eigenvalue weighted by molar-refractivity contribution is 4.66. The summed E-state index contributed by atoms with van der Waals surface area (Å²) in [5.41, 5.74) is 0. The molecule has 1 N–H and O–H groups in total. The van der Waals surface area contributed by atoms with Crippen molar-refractivity contribution in [3.05, 3.63) is 0 Å². The lowest BCUT2D eigenvalue weighted by Crippen LogP contribution is -2.37. The molecule has 1 atom stereocenters. The molecular weight excluding hydrogens is 188 g/mol. The van der Waals surface area contributed by atoms with Crippen molar-refractivity contribution in [1.82, 2.24) is 10.2 Å². The van der Waals surface area contributed by atoms with Gasteiger partial charge in [0.25, 0.3) is 0 Å². The maximum absolute atomic E-state index is 5.10. The maximum Gasteiger partial charge on any atom is 0.0499 e. The predicted octanol–water partition coefficient (Wildman–Crippen LogP) is 1.34. The molecule has 0 amide bonds. The van der Waals surface area contributed by atoms with Gasteiger partial charge in [-0.3, -0.25) is 0 Å². The van der Waals surface area contributed by atoms with E-state index in [0.717, 1.165) is 19.7 Å². The topological polar surface area (TPSA) is 24.5 Å². The molecule has 1 unspecified atom stereocenters. The van der Waals surface area contributed by atoms with E-state index < -0.39 is 0 Å². The third kappa shape index (κ3) is 6.13. The highest BCUT2D eigenvalue weighted by Crippen LogP contribution is 2.07. The largest absolute Gasteiger partial charge is 0.384 e. The van der Waals surface area contributed by atoms with E-state index in [1.54, 1.807) is 7.11 Å². The van der Waals surface area contributed by atoms with Crippen molar-refractivity contribution in [2.24, 2.45) is 5.92 Å². The molecule has 0 aliphatic carbocycles. The fraction of sp³-hybridized carbons (Fsp3) is 1.00. The highest BCUT2D eigenvalue weighted by Gasteiger charge is 2.09. The quantitative estimate of drug-likeness (QED) is 0.647. The Morgan fingerprint density at radius 2 is 2.00 bits per heavy atom. The number of hydrogen-bond acceptors (Lipinski definition) is 3. The summed E-state index contributed by atoms with van der Waals surface area (Å²) < 4.78 is 5.10. The van der Waals surface area contributed by atoms with Gasteiger partial charge in [0, 0.05) is 26.8 Å². The van der Waals surface area contributed by atoms with Crippen LogP contribution in [0.25, 0.3) is 0 Å². The number of likely N-dealkylation sites (tertiary alicyclic amines) is 1. The molecule has 15 heavy (non-hydrogen) atoms. The standard InChI is InChI=1S/C12H26N2O/c1-12(11-15-2)10-13-6-9-14-7-4-3-5-8-14/h12-13H,3-11H2,1-2H3. The molecular formula is C12H26N2O. The first-order valence-corrected chi connectivity index (χ1v) is 6.25. The summed E-state index contributed by atoms with van der Waals surface area (Å²) in [5, 5.41) is 3.50. The predicted molar refractivity (Wildman–Crippen MR) is 64.2 cm³/mol. The number of nitrogens with one attached hydrogen (secondary N) is 1. The molecule has 0 bridgehead atoms. The van der Waals surface area contributed by atoms with E-state index in [2.05, 4.69) is 17.1 Å². The first-order valence-electron chi connectivity index (χ1n) is 6.25. The van der Waals surface area contributed by atoms with Crippen LogP contribution in [0.5, 0.6) is 0 Å². The maximum atomic E-state index is 5.10. The zero-order valence-electron chi connectivity index (χ0n) is 10.3. The van der Waals surface area contributed by atoms with Gasteiger partial charge in [0.15, 0.2) is 0 Å². The van der Waals surface area contributed by atoms with Crippen LogP contribution >= 0.6 is 0 Å². The molecule has 0 spiro atoms. The fourth-order valence-electron chi connectivity index (χ4n) is 2.11. The van der Waals surface area contributed by atoms with Crippen LogP contribution in [-0.2, 0) is 4.74 Å². The monoisotopic (exact) mass is 214 g/mol. The number of ether oxygens (including phenoxy) is 1. The molecule has 1 heterocycles. The lowest BCUT2D eigenvalue weighted by atomic mass is 10.1. The van der Waals surface area contributed by atoms with Gasteiger partial charge in [0.05, 0.1) is 0 Å². The van der Waals surface area contributed by atoms with Gasteiger partial charge in [0.1, 0.15) is 0 Å². The SMILES string of the molecule is COCC(C)CNCCN1CCCCC1. The van der Waals surface area contributed by atoms with Crippen LogP contribution in [0, 0.1) is 5.92 Å². The summed E-state index contributed by atoms with van der Waals surface area (Å²) in [4.78, 5) is 2.57. The molecule has 0 radical (unpaired) electrons. The Hall–Kier alpha value is -0.120. The van der Waals surface area contributed by atoms with Gasteiger partial charge < -0.3 is 15.0 Å². The Balaban J connectivity index is 1.91. The Bertz CT molecular complexity index is 147. The number of rotatable bonds is 7. The Labute approximate surface area is 94.2 Å². The average Bonchev–Trinajstić information content (AvgIpc) is 2.26. The van der Waals surface area contributed by atoms with Crippen molar-refractivity contribution < 1.29 is 4.74 Å². The lowest BCUT2D eigenvalue weighted by Gasteiger charge is -2.26. The van der Waals surface area contributed by atoms with Gasteiger partial charge >= 0.3 is 0 Å². The zero-order valence-corrected chi connectivity index (χ0v) is 10.3. The summed E-state index contributed by atoms with van der Waals surface area (Å²) in [7, 11) is 1.77. The fourth-order valence-corrected chi connectivity index (χ4v) is 2.11. The van der Waals surface area contributed by atoms with Gasteiger partial charge in [0.2, 0.25) is 0 Å². The average molecular weight is 214 g/mol. The molecule has 3 nitrogen and oxygen atoms in total. The van der Waals surface area contributed by atoms with Gasteiger partial charge in [-0.25, -0.2) is 0 Å². The number of piperidine rings is 1. The summed E-state index contributed by atoms with van der Waals surface area (Å²) in [6.07, 6.45) is 4.20. The van der Waals surface area contributed by atoms with Gasteiger partial charge in [-0.15, -0.1) is 0 Å². The summed E-state index contributed by atoms with van der Waals surface area (Å²) in [5.74, 6) is 0.622. The zero-order chi connectivity index (χ0) is 10.9. The lowest BCUT2D eigenvalue weighted by molar-refractivity contribution is 0.157. The normalized spacial score (nSPS) is 20.4. The Morgan fingerprint density at radius 1 is 1.27 bits per heavy atom. The smallest absolute Gasteiger partial charge is 0.0499 e. The second-order valence-electron chi connectivity index (χ2n) is 4.67. The second-order valence-corrected chi connectivity index (χ2v) is 4.67. The minimum Gasteiger partial charge on any atom is -0.384 e. The van der Waals surface area contributed by atoms with Crippen molar-refractivity contribution in [2.75, 3.05) is 46.4 Å². The minimum absolute atomic E-state index is 0.622. The molecule has 1 aliphatic rings. The van der Waals surface area contributed by atoms with Gasteiger partial charge in [-0.05, 0) is 38.4 Å². The molecule has 0 aromatic heterocycles. The van der Waals surface area contributed by atoms with Crippen LogP contribution < -0.4 is 5.32 Å². The first-order chi connectivity index (χ1) is 7.33. The first kappa shape index (κ1) is 12.9. The van der Waals surface area contributed by atoms with Crippen molar-refractivity contribution in [1.29, 1.82) is 0 Å². The summed E-state index contributed by atoms with van der Waals surface area (Å²) >= 11 is 0. The summed E-state index contributed by atoms with van der Waals surface area (Å²) in [6.45, 7) is 9.08. The third-order valence-corrected chi connectivity index (χ3v) is 3.00. The molecule has 1 fully saturated rings. The minimum atomic E-state index is 0.622. The van der Waals surface area contributed by atoms with E-state index in [4.69, 9.17) is 4.74 Å². The van der Waals surface area contributed by atoms with Crippen LogP contribution in [0.15, 0.2) is 0 Å².